The van der Waals surface area contributed by atoms with Crippen LogP contribution in [-0.4, -0.2) is 28.7 Å². The van der Waals surface area contributed by atoms with Gasteiger partial charge in [0.05, 0.1) is 30.9 Å². The van der Waals surface area contributed by atoms with Gasteiger partial charge in [-0.05, 0) is 43.7 Å². The van der Waals surface area contributed by atoms with E-state index in [2.05, 4.69) is 10.3 Å². The molecule has 0 atom stereocenters. The summed E-state index contributed by atoms with van der Waals surface area (Å²) in [7, 11) is 0. The Balaban J connectivity index is 1.84. The highest BCUT2D eigenvalue weighted by molar-refractivity contribution is 6.05. The lowest BCUT2D eigenvalue weighted by atomic mass is 10.1. The van der Waals surface area contributed by atoms with E-state index in [-0.39, 0.29) is 5.91 Å². The molecule has 1 amide bonds. The van der Waals surface area contributed by atoms with Gasteiger partial charge in [0.1, 0.15) is 0 Å². The largest absolute Gasteiger partial charge is 0.490 e. The van der Waals surface area contributed by atoms with Gasteiger partial charge in [-0.3, -0.25) is 4.79 Å². The third kappa shape index (κ3) is 4.47. The smallest absolute Gasteiger partial charge is 0.255 e. The maximum Gasteiger partial charge on any atom is 0.255 e. The van der Waals surface area contributed by atoms with Crippen molar-refractivity contribution in [2.24, 2.45) is 0 Å². The molecule has 0 spiro atoms. The van der Waals surface area contributed by atoms with Crippen molar-refractivity contribution >= 4 is 11.6 Å². The first-order valence-corrected chi connectivity index (χ1v) is 9.01. The molecule has 6 heteroatoms. The molecule has 0 aliphatic carbocycles. The molecule has 2 aromatic carbocycles. The SMILES string of the molecule is CCCOc1ccc(C(=O)Nc2ccccc2-n2ccnc2)cc1OCC. The monoisotopic (exact) mass is 365 g/mol. The van der Waals surface area contributed by atoms with E-state index in [1.807, 2.05) is 48.9 Å². The predicted molar refractivity (Wildman–Crippen MR) is 105 cm³/mol. The van der Waals surface area contributed by atoms with Crippen LogP contribution in [0.3, 0.4) is 0 Å². The molecule has 3 aromatic rings. The minimum absolute atomic E-state index is 0.217. The van der Waals surface area contributed by atoms with Gasteiger partial charge in [-0.1, -0.05) is 19.1 Å². The number of imidazole rings is 1. The van der Waals surface area contributed by atoms with Gasteiger partial charge in [-0.25, -0.2) is 4.98 Å². The minimum Gasteiger partial charge on any atom is -0.490 e. The second kappa shape index (κ2) is 8.89. The number of carbonyl (C=O) groups is 1. The Morgan fingerprint density at radius 2 is 1.96 bits per heavy atom. The number of carbonyl (C=O) groups excluding carboxylic acids is 1. The van der Waals surface area contributed by atoms with Crippen molar-refractivity contribution in [3.63, 3.8) is 0 Å². The summed E-state index contributed by atoms with van der Waals surface area (Å²) < 4.78 is 13.2. The summed E-state index contributed by atoms with van der Waals surface area (Å²) in [5, 5.41) is 2.96. The number of benzene rings is 2. The molecule has 0 unspecified atom stereocenters. The normalized spacial score (nSPS) is 10.4. The van der Waals surface area contributed by atoms with E-state index in [1.54, 1.807) is 30.7 Å². The quantitative estimate of drug-likeness (QED) is 0.646. The van der Waals surface area contributed by atoms with E-state index in [1.165, 1.54) is 0 Å². The molecule has 0 aliphatic heterocycles. The highest BCUT2D eigenvalue weighted by atomic mass is 16.5. The average molecular weight is 365 g/mol. The predicted octanol–water partition coefficient (Wildman–Crippen LogP) is 4.31. The van der Waals surface area contributed by atoms with Gasteiger partial charge in [-0.15, -0.1) is 0 Å². The van der Waals surface area contributed by atoms with E-state index in [0.29, 0.717) is 36.0 Å². The van der Waals surface area contributed by atoms with E-state index < -0.39 is 0 Å². The standard InChI is InChI=1S/C21H23N3O3/c1-3-13-27-19-10-9-16(14-20(19)26-4-2)21(25)23-17-7-5-6-8-18(17)24-12-11-22-15-24/h5-12,14-15H,3-4,13H2,1-2H3,(H,23,25). The number of anilines is 1. The topological polar surface area (TPSA) is 65.4 Å². The Labute approximate surface area is 158 Å². The third-order valence-electron chi connectivity index (χ3n) is 3.90. The maximum atomic E-state index is 12.8. The van der Waals surface area contributed by atoms with Gasteiger partial charge in [-0.2, -0.15) is 0 Å². The van der Waals surface area contributed by atoms with Crippen molar-refractivity contribution in [1.29, 1.82) is 0 Å². The van der Waals surface area contributed by atoms with Crippen molar-refractivity contribution in [3.8, 4) is 17.2 Å². The average Bonchev–Trinajstić information content (AvgIpc) is 3.22. The minimum atomic E-state index is -0.217. The molecular formula is C21H23N3O3. The van der Waals surface area contributed by atoms with Crippen LogP contribution in [0.2, 0.25) is 0 Å². The Morgan fingerprint density at radius 3 is 2.70 bits per heavy atom. The lowest BCUT2D eigenvalue weighted by molar-refractivity contribution is 0.102. The fraction of sp³-hybridized carbons (Fsp3) is 0.238. The van der Waals surface area contributed by atoms with Crippen molar-refractivity contribution in [2.45, 2.75) is 20.3 Å². The lowest BCUT2D eigenvalue weighted by Crippen LogP contribution is -2.14. The highest BCUT2D eigenvalue weighted by Crippen LogP contribution is 2.29. The first-order valence-electron chi connectivity index (χ1n) is 9.01. The van der Waals surface area contributed by atoms with Crippen molar-refractivity contribution in [3.05, 3.63) is 66.7 Å². The zero-order chi connectivity index (χ0) is 19.1. The van der Waals surface area contributed by atoms with Crippen molar-refractivity contribution < 1.29 is 14.3 Å². The zero-order valence-corrected chi connectivity index (χ0v) is 15.5. The van der Waals surface area contributed by atoms with Crippen LogP contribution < -0.4 is 14.8 Å². The molecule has 1 N–H and O–H groups in total. The van der Waals surface area contributed by atoms with Crippen LogP contribution in [0.1, 0.15) is 30.6 Å². The molecule has 0 saturated carbocycles. The fourth-order valence-corrected chi connectivity index (χ4v) is 2.65. The van der Waals surface area contributed by atoms with Gasteiger partial charge >= 0.3 is 0 Å². The molecule has 1 heterocycles. The van der Waals surface area contributed by atoms with Crippen LogP contribution in [0, 0.1) is 0 Å². The summed E-state index contributed by atoms with van der Waals surface area (Å²) in [4.78, 5) is 16.8. The summed E-state index contributed by atoms with van der Waals surface area (Å²) >= 11 is 0. The molecule has 3 rings (SSSR count). The third-order valence-corrected chi connectivity index (χ3v) is 3.90. The fourth-order valence-electron chi connectivity index (χ4n) is 2.65. The number of aromatic nitrogens is 2. The maximum absolute atomic E-state index is 12.8. The number of nitrogens with one attached hydrogen (secondary N) is 1. The molecule has 0 bridgehead atoms. The Hall–Kier alpha value is -3.28. The van der Waals surface area contributed by atoms with Gasteiger partial charge in [0.2, 0.25) is 0 Å². The van der Waals surface area contributed by atoms with Crippen LogP contribution in [0.4, 0.5) is 5.69 Å². The van der Waals surface area contributed by atoms with E-state index in [4.69, 9.17) is 9.47 Å². The van der Waals surface area contributed by atoms with Crippen LogP contribution >= 0.6 is 0 Å². The second-order valence-corrected chi connectivity index (χ2v) is 5.88. The first-order chi connectivity index (χ1) is 13.2. The molecule has 140 valence electrons. The van der Waals surface area contributed by atoms with Gasteiger partial charge < -0.3 is 19.4 Å². The summed E-state index contributed by atoms with van der Waals surface area (Å²) in [6, 6.07) is 12.8. The molecule has 6 nitrogen and oxygen atoms in total. The number of ether oxygens (including phenoxy) is 2. The number of hydrogen-bond donors (Lipinski definition) is 1. The van der Waals surface area contributed by atoms with Crippen molar-refractivity contribution in [2.75, 3.05) is 18.5 Å². The van der Waals surface area contributed by atoms with E-state index in [9.17, 15) is 4.79 Å². The molecular weight excluding hydrogens is 342 g/mol. The first kappa shape index (κ1) is 18.5. The Kier molecular flexibility index (Phi) is 6.10. The Morgan fingerprint density at radius 1 is 1.11 bits per heavy atom. The Bertz CT molecular complexity index is 891. The summed E-state index contributed by atoms with van der Waals surface area (Å²) in [6.45, 7) is 5.04. The molecule has 0 fully saturated rings. The number of amides is 1. The number of nitrogens with zero attached hydrogens (tertiary/aromatic N) is 2. The summed E-state index contributed by atoms with van der Waals surface area (Å²) in [5.41, 5.74) is 2.05. The molecule has 0 saturated heterocycles. The van der Waals surface area contributed by atoms with Crippen molar-refractivity contribution in [1.82, 2.24) is 9.55 Å². The summed E-state index contributed by atoms with van der Waals surface area (Å²) in [5.74, 6) is 1.00. The van der Waals surface area contributed by atoms with Crippen LogP contribution in [0.25, 0.3) is 5.69 Å². The summed E-state index contributed by atoms with van der Waals surface area (Å²) in [6.07, 6.45) is 6.12. The zero-order valence-electron chi connectivity index (χ0n) is 15.5. The van der Waals surface area contributed by atoms with E-state index >= 15 is 0 Å². The van der Waals surface area contributed by atoms with Crippen LogP contribution in [-0.2, 0) is 0 Å². The van der Waals surface area contributed by atoms with Gasteiger partial charge in [0, 0.05) is 18.0 Å². The molecule has 0 aliphatic rings. The lowest BCUT2D eigenvalue weighted by Gasteiger charge is -2.14. The molecule has 1 aromatic heterocycles. The van der Waals surface area contributed by atoms with Gasteiger partial charge in [0.15, 0.2) is 11.5 Å². The molecule has 0 radical (unpaired) electrons. The van der Waals surface area contributed by atoms with Crippen LogP contribution in [0.15, 0.2) is 61.2 Å². The second-order valence-electron chi connectivity index (χ2n) is 5.88. The van der Waals surface area contributed by atoms with Gasteiger partial charge in [0.25, 0.3) is 5.91 Å². The van der Waals surface area contributed by atoms with E-state index in [0.717, 1.165) is 12.1 Å². The van der Waals surface area contributed by atoms with Crippen LogP contribution in [0.5, 0.6) is 11.5 Å². The highest BCUT2D eigenvalue weighted by Gasteiger charge is 2.14. The number of rotatable bonds is 8. The molecule has 27 heavy (non-hydrogen) atoms. The number of hydrogen-bond acceptors (Lipinski definition) is 4. The number of para-hydroxylation sites is 2.